The molecule has 0 bridgehead atoms. The van der Waals surface area contributed by atoms with E-state index in [9.17, 15) is 39.0 Å². The lowest BCUT2D eigenvalue weighted by atomic mass is 9.91. The fraction of sp³-hybridized carbons (Fsp3) is 0.490. The van der Waals surface area contributed by atoms with Gasteiger partial charge in [-0.15, -0.1) is 0 Å². The smallest absolute Gasteiger partial charge is 0.412 e. The Morgan fingerprint density at radius 3 is 1.87 bits per heavy atom. The Hall–Kier alpha value is -7.06. The maximum atomic E-state index is 14.1. The monoisotopic (exact) mass is 987 g/mol. The van der Waals surface area contributed by atoms with Crippen LogP contribution in [0, 0.1) is 5.41 Å². The molecule has 2 atom stereocenters. The number of anilines is 2. The van der Waals surface area contributed by atoms with Gasteiger partial charge in [0.05, 0.1) is 93.6 Å². The molecule has 4 amide bonds. The molecule has 3 heterocycles. The molecule has 0 saturated carbocycles. The van der Waals surface area contributed by atoms with Crippen LogP contribution < -0.4 is 29.6 Å². The van der Waals surface area contributed by atoms with Crippen molar-refractivity contribution in [2.24, 2.45) is 12.5 Å². The van der Waals surface area contributed by atoms with Gasteiger partial charge in [0.15, 0.2) is 28.8 Å². The minimum Gasteiger partial charge on any atom is -0.493 e. The van der Waals surface area contributed by atoms with Crippen LogP contribution in [0.3, 0.4) is 0 Å². The summed E-state index contributed by atoms with van der Waals surface area (Å²) in [5, 5.41) is 25.6. The second-order valence-corrected chi connectivity index (χ2v) is 19.4. The molecule has 20 nitrogen and oxygen atoms in total. The lowest BCUT2D eigenvalue weighted by Gasteiger charge is -2.26. The molecule has 2 saturated heterocycles. The van der Waals surface area contributed by atoms with E-state index in [1.54, 1.807) is 32.7 Å². The van der Waals surface area contributed by atoms with Crippen LogP contribution in [0.5, 0.6) is 23.0 Å². The van der Waals surface area contributed by atoms with Gasteiger partial charge in [-0.1, -0.05) is 26.0 Å². The lowest BCUT2D eigenvalue weighted by Crippen LogP contribution is -2.38. The topological polar surface area (TPSA) is 243 Å². The summed E-state index contributed by atoms with van der Waals surface area (Å²) >= 11 is 0. The van der Waals surface area contributed by atoms with Crippen LogP contribution in [-0.2, 0) is 27.9 Å². The summed E-state index contributed by atoms with van der Waals surface area (Å²) in [5.74, 6) is -0.971. The van der Waals surface area contributed by atoms with Crippen molar-refractivity contribution in [2.75, 3.05) is 71.5 Å². The van der Waals surface area contributed by atoms with Gasteiger partial charge < -0.3 is 57.7 Å². The highest BCUT2D eigenvalue weighted by Gasteiger charge is 2.41. The molecule has 71 heavy (non-hydrogen) atoms. The number of rotatable bonds is 19. The van der Waals surface area contributed by atoms with Gasteiger partial charge in [-0.05, 0) is 76.5 Å². The number of aliphatic hydroxyl groups is 2. The molecule has 3 aromatic rings. The highest BCUT2D eigenvalue weighted by molar-refractivity contribution is 6.23. The average Bonchev–Trinajstić information content (AvgIpc) is 3.98. The largest absolute Gasteiger partial charge is 0.493 e. The first kappa shape index (κ1) is 53.3. The number of methoxy groups -OCH3 is 3. The van der Waals surface area contributed by atoms with Crippen LogP contribution in [0.1, 0.15) is 114 Å². The van der Waals surface area contributed by atoms with Gasteiger partial charge >= 0.3 is 12.2 Å². The van der Waals surface area contributed by atoms with Crippen molar-refractivity contribution in [3.8, 4) is 23.0 Å². The van der Waals surface area contributed by atoms with Crippen molar-refractivity contribution in [2.45, 2.75) is 91.0 Å². The number of aromatic nitrogens is 1. The van der Waals surface area contributed by atoms with E-state index in [4.69, 9.17) is 33.2 Å². The van der Waals surface area contributed by atoms with E-state index in [0.29, 0.717) is 44.3 Å². The minimum atomic E-state index is -0.955. The summed E-state index contributed by atoms with van der Waals surface area (Å²) in [6.45, 7) is 13.4. The number of nitrogens with one attached hydrogen (secondary N) is 2. The molecule has 384 valence electrons. The first-order valence-corrected chi connectivity index (χ1v) is 23.3. The average molecular weight is 988 g/mol. The molecular weight excluding hydrogens is 923 g/mol. The molecule has 1 aliphatic carbocycles. The maximum absolute atomic E-state index is 14.1. The van der Waals surface area contributed by atoms with E-state index in [1.807, 2.05) is 13.8 Å². The zero-order valence-electron chi connectivity index (χ0n) is 41.9. The van der Waals surface area contributed by atoms with Crippen molar-refractivity contribution in [1.82, 2.24) is 14.4 Å². The number of hydrogen-bond acceptors (Lipinski definition) is 15. The van der Waals surface area contributed by atoms with Gasteiger partial charge in [0.1, 0.15) is 17.9 Å². The van der Waals surface area contributed by atoms with Crippen molar-refractivity contribution < 1.29 is 72.1 Å². The van der Waals surface area contributed by atoms with E-state index < -0.39 is 47.3 Å². The number of likely N-dealkylation sites (tertiary alicyclic amines) is 2. The summed E-state index contributed by atoms with van der Waals surface area (Å²) < 4.78 is 41.1. The normalized spacial score (nSPS) is 17.3. The molecule has 1 aromatic heterocycles. The number of allylic oxidation sites excluding steroid dienone is 2. The van der Waals surface area contributed by atoms with E-state index in [0.717, 1.165) is 11.6 Å². The summed E-state index contributed by atoms with van der Waals surface area (Å²) in [6.07, 6.45) is 2.10. The number of nitrogens with zero attached hydrogens (tertiary/aromatic N) is 3. The maximum Gasteiger partial charge on any atom is 0.412 e. The highest BCUT2D eigenvalue weighted by Crippen LogP contribution is 2.40. The van der Waals surface area contributed by atoms with Crippen molar-refractivity contribution >= 4 is 46.9 Å². The number of ketones is 2. The molecule has 6 rings (SSSR count). The predicted octanol–water partition coefficient (Wildman–Crippen LogP) is 6.67. The summed E-state index contributed by atoms with van der Waals surface area (Å²) in [7, 11) is 5.71. The van der Waals surface area contributed by atoms with Crippen LogP contribution in [-0.4, -0.2) is 139 Å². The Balaban J connectivity index is 1.13. The second kappa shape index (κ2) is 22.4. The number of aliphatic hydroxyl groups excluding tert-OH is 2. The first-order chi connectivity index (χ1) is 33.6. The van der Waals surface area contributed by atoms with Gasteiger partial charge in [0.25, 0.3) is 11.8 Å². The molecule has 2 aromatic carbocycles. The van der Waals surface area contributed by atoms with Crippen LogP contribution in [0.2, 0.25) is 0 Å². The van der Waals surface area contributed by atoms with Crippen molar-refractivity contribution in [3.63, 3.8) is 0 Å². The number of benzene rings is 2. The highest BCUT2D eigenvalue weighted by atomic mass is 16.6. The molecule has 0 radical (unpaired) electrons. The lowest BCUT2D eigenvalue weighted by molar-refractivity contribution is 0.0633. The fourth-order valence-electron chi connectivity index (χ4n) is 8.86. The van der Waals surface area contributed by atoms with Gasteiger partial charge in [-0.2, -0.15) is 0 Å². The summed E-state index contributed by atoms with van der Waals surface area (Å²) in [4.78, 5) is 83.3. The molecule has 3 aliphatic rings. The number of unbranched alkanes of at least 4 members (excludes halogenated alkanes) is 2. The SMILES string of the molecule is C=C1C[C@@H](CO)N(C(=O)c2cc(OC)c(OCCCCCOc3cc(NC(=O)OC(C)(C)C)c(C(=O)N4CC(C)(C)C[C@H]4CO)cc3OC)cc2NC(=O)OCc2cc3c(n2C)C(=O)C=C(OC)C3=O)C1. The predicted molar refractivity (Wildman–Crippen MR) is 260 cm³/mol. The Morgan fingerprint density at radius 2 is 1.34 bits per heavy atom. The van der Waals surface area contributed by atoms with Crippen LogP contribution in [0.15, 0.2) is 54.3 Å². The summed E-state index contributed by atoms with van der Waals surface area (Å²) in [5.41, 5.74) is 0.671. The number of fused-ring (bicyclic) bond motifs is 1. The third-order valence-corrected chi connectivity index (χ3v) is 12.2. The number of Topliss-reactive ketones (excluding diaryl/α,β-unsaturated/α-hetero) is 1. The van der Waals surface area contributed by atoms with E-state index >= 15 is 0 Å². The van der Waals surface area contributed by atoms with E-state index in [2.05, 4.69) is 17.2 Å². The number of ether oxygens (including phenoxy) is 7. The number of carbonyl (C=O) groups excluding carboxylic acids is 6. The molecule has 2 fully saturated rings. The van der Waals surface area contributed by atoms with E-state index in [-0.39, 0.29) is 113 Å². The van der Waals surface area contributed by atoms with Gasteiger partial charge in [-0.3, -0.25) is 29.8 Å². The number of carbonyl (C=O) groups is 6. The molecule has 2 aliphatic heterocycles. The number of hydrogen-bond donors (Lipinski definition) is 4. The molecule has 20 heteroatoms. The Kier molecular flexibility index (Phi) is 16.8. The Morgan fingerprint density at radius 1 is 0.775 bits per heavy atom. The quantitative estimate of drug-likeness (QED) is 0.0724. The molecule has 0 unspecified atom stereocenters. The third kappa shape index (κ3) is 12.5. The van der Waals surface area contributed by atoms with Crippen molar-refractivity contribution in [3.05, 3.63) is 82.4 Å². The van der Waals surface area contributed by atoms with Gasteiger partial charge in [0, 0.05) is 38.3 Å². The van der Waals surface area contributed by atoms with Crippen LogP contribution >= 0.6 is 0 Å². The van der Waals surface area contributed by atoms with Gasteiger partial charge in [0.2, 0.25) is 11.6 Å². The summed E-state index contributed by atoms with van der Waals surface area (Å²) in [6, 6.07) is 6.44. The van der Waals surface area contributed by atoms with Crippen molar-refractivity contribution in [1.29, 1.82) is 0 Å². The Bertz CT molecular complexity index is 2590. The number of amides is 4. The zero-order chi connectivity index (χ0) is 51.9. The van der Waals surface area contributed by atoms with E-state index in [1.165, 1.54) is 61.1 Å². The molecule has 0 spiro atoms. The third-order valence-electron chi connectivity index (χ3n) is 12.2. The molecular formula is C51H65N5O15. The zero-order valence-corrected chi connectivity index (χ0v) is 41.9. The minimum absolute atomic E-state index is 0.0311. The standard InChI is InChI=1S/C51H65N5O15/c1-29-16-30(25-57)55(24-29)46(61)33-18-39(65-8)41(20-36(33)52-48(63)70-27-31-17-35-44(54(31)7)38(59)22-43(67-10)45(35)60)68-14-12-11-13-15-69-42-21-37(53-49(64)71-50(2,3)4)34(19-40(42)66-9)47(62)56-28-51(5,6)23-32(56)26-58/h17-22,30,32,57-58H,1,11-16,23-28H2,2-10H3,(H,52,63)(H,53,64)/t30-,32-/m0/s1. The molecule has 4 N–H and O–H groups in total. The van der Waals surface area contributed by atoms with Gasteiger partial charge in [-0.25, -0.2) is 9.59 Å². The van der Waals surface area contributed by atoms with Crippen LogP contribution in [0.25, 0.3) is 0 Å². The fourth-order valence-corrected chi connectivity index (χ4v) is 8.86. The second-order valence-electron chi connectivity index (χ2n) is 19.4. The first-order valence-electron chi connectivity index (χ1n) is 23.3. The van der Waals surface area contributed by atoms with Crippen LogP contribution in [0.4, 0.5) is 21.0 Å². The Labute approximate surface area is 412 Å².